The van der Waals surface area contributed by atoms with Crippen LogP contribution in [0.15, 0.2) is 48.1 Å². The molecule has 1 aromatic carbocycles. The molecule has 2 nitrogen and oxygen atoms in total. The first-order valence-corrected chi connectivity index (χ1v) is 6.44. The van der Waals surface area contributed by atoms with Crippen molar-refractivity contribution in [2.75, 3.05) is 14.2 Å². The lowest BCUT2D eigenvalue weighted by molar-refractivity contribution is 0.414. The molecule has 1 aromatic rings. The number of likely N-dealkylation sites (N-methyl/N-ethyl adjacent to an activating group) is 1. The Kier molecular flexibility index (Phi) is 4.21. The van der Waals surface area contributed by atoms with Crippen molar-refractivity contribution in [2.45, 2.75) is 25.3 Å². The molecular weight excluding hydrogens is 222 g/mol. The van der Waals surface area contributed by atoms with Crippen molar-refractivity contribution in [2.24, 2.45) is 0 Å². The highest BCUT2D eigenvalue weighted by molar-refractivity contribution is 5.39. The van der Waals surface area contributed by atoms with Crippen LogP contribution in [0.5, 0.6) is 5.75 Å². The number of allylic oxidation sites excluding steroid dienone is 2. The normalized spacial score (nSPS) is 20.4. The Morgan fingerprint density at radius 1 is 1.28 bits per heavy atom. The monoisotopic (exact) mass is 243 g/mol. The maximum atomic E-state index is 5.19. The van der Waals surface area contributed by atoms with Gasteiger partial charge in [0.2, 0.25) is 0 Å². The van der Waals surface area contributed by atoms with Crippen LogP contribution in [0.2, 0.25) is 0 Å². The van der Waals surface area contributed by atoms with Crippen molar-refractivity contribution < 1.29 is 4.74 Å². The van der Waals surface area contributed by atoms with Crippen LogP contribution in [0, 0.1) is 0 Å². The Labute approximate surface area is 109 Å². The molecule has 2 heteroatoms. The molecule has 1 N–H and O–H groups in total. The minimum Gasteiger partial charge on any atom is -0.497 e. The summed E-state index contributed by atoms with van der Waals surface area (Å²) in [4.78, 5) is 0. The molecule has 0 fully saturated rings. The molecule has 2 atom stereocenters. The van der Waals surface area contributed by atoms with Crippen LogP contribution < -0.4 is 10.1 Å². The molecule has 0 aliphatic heterocycles. The van der Waals surface area contributed by atoms with Gasteiger partial charge in [0.1, 0.15) is 5.75 Å². The SMILES string of the molecule is CNC1C=CC([C@H](C)c2ccc(OC)cc2)=CC1. The Bertz CT molecular complexity index is 445. The van der Waals surface area contributed by atoms with E-state index in [0.29, 0.717) is 12.0 Å². The summed E-state index contributed by atoms with van der Waals surface area (Å²) in [6, 6.07) is 8.81. The zero-order valence-electron chi connectivity index (χ0n) is 11.3. The van der Waals surface area contributed by atoms with Crippen molar-refractivity contribution in [1.82, 2.24) is 5.32 Å². The van der Waals surface area contributed by atoms with Crippen LogP contribution >= 0.6 is 0 Å². The fourth-order valence-corrected chi connectivity index (χ4v) is 2.26. The van der Waals surface area contributed by atoms with Gasteiger partial charge in [0.25, 0.3) is 0 Å². The van der Waals surface area contributed by atoms with E-state index in [2.05, 4.69) is 42.6 Å². The van der Waals surface area contributed by atoms with E-state index in [1.807, 2.05) is 19.2 Å². The van der Waals surface area contributed by atoms with Crippen LogP contribution in [0.4, 0.5) is 0 Å². The number of benzene rings is 1. The second kappa shape index (κ2) is 5.87. The van der Waals surface area contributed by atoms with E-state index in [1.165, 1.54) is 11.1 Å². The largest absolute Gasteiger partial charge is 0.497 e. The first-order valence-electron chi connectivity index (χ1n) is 6.44. The van der Waals surface area contributed by atoms with Crippen LogP contribution in [0.25, 0.3) is 0 Å². The van der Waals surface area contributed by atoms with Gasteiger partial charge < -0.3 is 10.1 Å². The lowest BCUT2D eigenvalue weighted by Crippen LogP contribution is -2.23. The second-order valence-corrected chi connectivity index (χ2v) is 4.69. The Hall–Kier alpha value is -1.54. The van der Waals surface area contributed by atoms with E-state index in [1.54, 1.807) is 7.11 Å². The third kappa shape index (κ3) is 2.82. The number of hydrogen-bond acceptors (Lipinski definition) is 2. The van der Waals surface area contributed by atoms with E-state index in [4.69, 9.17) is 4.74 Å². The third-order valence-corrected chi connectivity index (χ3v) is 3.62. The first kappa shape index (κ1) is 12.9. The minimum atomic E-state index is 0.435. The zero-order valence-corrected chi connectivity index (χ0v) is 11.3. The molecule has 0 amide bonds. The van der Waals surface area contributed by atoms with Gasteiger partial charge in [-0.05, 0) is 36.7 Å². The van der Waals surface area contributed by atoms with Gasteiger partial charge in [-0.15, -0.1) is 0 Å². The van der Waals surface area contributed by atoms with Crippen molar-refractivity contribution in [1.29, 1.82) is 0 Å². The summed E-state index contributed by atoms with van der Waals surface area (Å²) >= 11 is 0. The number of hydrogen-bond donors (Lipinski definition) is 1. The smallest absolute Gasteiger partial charge is 0.118 e. The molecule has 0 spiro atoms. The molecule has 0 heterocycles. The fourth-order valence-electron chi connectivity index (χ4n) is 2.26. The molecule has 1 aliphatic rings. The first-order chi connectivity index (χ1) is 8.74. The molecule has 0 saturated heterocycles. The second-order valence-electron chi connectivity index (χ2n) is 4.69. The Balaban J connectivity index is 2.09. The highest BCUT2D eigenvalue weighted by Gasteiger charge is 2.13. The maximum Gasteiger partial charge on any atom is 0.118 e. The Morgan fingerprint density at radius 2 is 2.00 bits per heavy atom. The van der Waals surface area contributed by atoms with E-state index in [-0.39, 0.29) is 0 Å². The number of methoxy groups -OCH3 is 1. The number of rotatable bonds is 4. The average molecular weight is 243 g/mol. The van der Waals surface area contributed by atoms with E-state index in [0.717, 1.165) is 12.2 Å². The molecule has 0 aromatic heterocycles. The summed E-state index contributed by atoms with van der Waals surface area (Å²) in [5.74, 6) is 1.35. The Morgan fingerprint density at radius 3 is 2.50 bits per heavy atom. The van der Waals surface area contributed by atoms with Gasteiger partial charge in [0, 0.05) is 12.0 Å². The maximum absolute atomic E-state index is 5.19. The van der Waals surface area contributed by atoms with Gasteiger partial charge in [-0.1, -0.05) is 37.3 Å². The lowest BCUT2D eigenvalue weighted by atomic mass is 9.88. The van der Waals surface area contributed by atoms with Crippen LogP contribution in [0.3, 0.4) is 0 Å². The summed E-state index contributed by atoms with van der Waals surface area (Å²) in [6.07, 6.45) is 7.88. The molecule has 0 radical (unpaired) electrons. The molecule has 0 saturated carbocycles. The highest BCUT2D eigenvalue weighted by atomic mass is 16.5. The minimum absolute atomic E-state index is 0.435. The number of ether oxygens (including phenoxy) is 1. The summed E-state index contributed by atoms with van der Waals surface area (Å²) < 4.78 is 5.19. The summed E-state index contributed by atoms with van der Waals surface area (Å²) in [7, 11) is 3.70. The molecular formula is C16H21NO. The standard InChI is InChI=1S/C16H21NO/c1-12(13-4-8-15(17-2)9-5-13)14-6-10-16(18-3)11-7-14/h4-8,10-12,15,17H,9H2,1-3H3/t12-,15?/m0/s1. The van der Waals surface area contributed by atoms with Gasteiger partial charge in [-0.25, -0.2) is 0 Å². The third-order valence-electron chi connectivity index (χ3n) is 3.62. The summed E-state index contributed by atoms with van der Waals surface area (Å²) in [6.45, 7) is 2.25. The van der Waals surface area contributed by atoms with Crippen LogP contribution in [-0.4, -0.2) is 20.2 Å². The van der Waals surface area contributed by atoms with Gasteiger partial charge in [-0.3, -0.25) is 0 Å². The molecule has 2 rings (SSSR count). The van der Waals surface area contributed by atoms with Crippen LogP contribution in [-0.2, 0) is 0 Å². The fraction of sp³-hybridized carbons (Fsp3) is 0.375. The topological polar surface area (TPSA) is 21.3 Å². The quantitative estimate of drug-likeness (QED) is 0.876. The van der Waals surface area contributed by atoms with Crippen molar-refractivity contribution in [3.63, 3.8) is 0 Å². The van der Waals surface area contributed by atoms with E-state index in [9.17, 15) is 0 Å². The predicted octanol–water partition coefficient (Wildman–Crippen LogP) is 3.27. The van der Waals surface area contributed by atoms with Crippen molar-refractivity contribution in [3.05, 3.63) is 53.6 Å². The molecule has 0 bridgehead atoms. The molecule has 96 valence electrons. The van der Waals surface area contributed by atoms with E-state index >= 15 is 0 Å². The molecule has 1 aliphatic carbocycles. The molecule has 1 unspecified atom stereocenters. The summed E-state index contributed by atoms with van der Waals surface area (Å²) in [5, 5.41) is 3.27. The van der Waals surface area contributed by atoms with Crippen molar-refractivity contribution >= 4 is 0 Å². The van der Waals surface area contributed by atoms with Crippen molar-refractivity contribution in [3.8, 4) is 5.75 Å². The average Bonchev–Trinajstić information content (AvgIpc) is 2.47. The van der Waals surface area contributed by atoms with Gasteiger partial charge in [0.15, 0.2) is 0 Å². The zero-order chi connectivity index (χ0) is 13.0. The lowest BCUT2D eigenvalue weighted by Gasteiger charge is -2.20. The summed E-state index contributed by atoms with van der Waals surface area (Å²) in [5.41, 5.74) is 2.72. The van der Waals surface area contributed by atoms with Gasteiger partial charge >= 0.3 is 0 Å². The van der Waals surface area contributed by atoms with Gasteiger partial charge in [0.05, 0.1) is 7.11 Å². The molecule has 18 heavy (non-hydrogen) atoms. The predicted molar refractivity (Wildman–Crippen MR) is 76.1 cm³/mol. The number of nitrogens with one attached hydrogen (secondary N) is 1. The van der Waals surface area contributed by atoms with Gasteiger partial charge in [-0.2, -0.15) is 0 Å². The highest BCUT2D eigenvalue weighted by Crippen LogP contribution is 2.28. The van der Waals surface area contributed by atoms with Crippen LogP contribution in [0.1, 0.15) is 24.8 Å². The van der Waals surface area contributed by atoms with E-state index < -0.39 is 0 Å².